The van der Waals surface area contributed by atoms with Crippen LogP contribution in [0.4, 0.5) is 14.7 Å². The fourth-order valence-electron chi connectivity index (χ4n) is 3.21. The van der Waals surface area contributed by atoms with Gasteiger partial charge in [0, 0.05) is 56.9 Å². The molecule has 6 nitrogen and oxygen atoms in total. The second kappa shape index (κ2) is 8.22. The molecule has 0 bridgehead atoms. The average Bonchev–Trinajstić information content (AvgIpc) is 3.45. The summed E-state index contributed by atoms with van der Waals surface area (Å²) in [5, 5.41) is 2.80. The van der Waals surface area contributed by atoms with E-state index in [4.69, 9.17) is 0 Å². The minimum atomic E-state index is -0.928. The molecular weight excluding hydrogens is 388 g/mol. The lowest BCUT2D eigenvalue weighted by Crippen LogP contribution is -2.25. The van der Waals surface area contributed by atoms with Gasteiger partial charge in [-0.15, -0.1) is 0 Å². The predicted octanol–water partition coefficient (Wildman–Crippen LogP) is 3.63. The molecule has 0 saturated heterocycles. The van der Waals surface area contributed by atoms with Crippen LogP contribution in [0.3, 0.4) is 0 Å². The predicted molar refractivity (Wildman–Crippen MR) is 110 cm³/mol. The highest BCUT2D eigenvalue weighted by atomic mass is 19.2. The van der Waals surface area contributed by atoms with E-state index >= 15 is 0 Å². The van der Waals surface area contributed by atoms with Crippen LogP contribution in [0.1, 0.15) is 28.9 Å². The highest BCUT2D eigenvalue weighted by Crippen LogP contribution is 2.32. The molecule has 0 aliphatic heterocycles. The molecule has 2 heterocycles. The van der Waals surface area contributed by atoms with E-state index in [1.807, 2.05) is 35.8 Å². The summed E-state index contributed by atoms with van der Waals surface area (Å²) in [4.78, 5) is 23.3. The molecule has 0 radical (unpaired) electrons. The van der Waals surface area contributed by atoms with E-state index in [0.29, 0.717) is 23.1 Å². The molecule has 30 heavy (non-hydrogen) atoms. The number of carbonyl (C=O) groups excluding carboxylic acids is 1. The number of amides is 1. The van der Waals surface area contributed by atoms with Crippen LogP contribution in [-0.4, -0.2) is 34.5 Å². The Morgan fingerprint density at radius 3 is 2.50 bits per heavy atom. The number of benzene rings is 1. The summed E-state index contributed by atoms with van der Waals surface area (Å²) in [5.41, 5.74) is 2.70. The van der Waals surface area contributed by atoms with Crippen molar-refractivity contribution < 1.29 is 13.6 Å². The van der Waals surface area contributed by atoms with Crippen LogP contribution in [0.25, 0.3) is 11.1 Å². The van der Waals surface area contributed by atoms with E-state index in [9.17, 15) is 13.6 Å². The first-order valence-electron chi connectivity index (χ1n) is 9.83. The van der Waals surface area contributed by atoms with Crippen molar-refractivity contribution in [1.82, 2.24) is 19.9 Å². The molecule has 1 aromatic carbocycles. The van der Waals surface area contributed by atoms with E-state index in [0.717, 1.165) is 42.6 Å². The zero-order valence-corrected chi connectivity index (χ0v) is 16.9. The number of hydrogen-bond donors (Lipinski definition) is 1. The standard InChI is InChI=1S/C22H23F2N5O/c1-28(2)22-26-10-17(11-27-22)16-8-20(29(13-16)12-14-3-4-14)21(30)25-9-15-5-6-18(23)19(24)7-15/h5-8,10-11,13-14H,3-4,9,12H2,1-2H3,(H,25,30). The number of nitrogens with zero attached hydrogens (tertiary/aromatic N) is 4. The van der Waals surface area contributed by atoms with Gasteiger partial charge in [-0.25, -0.2) is 18.7 Å². The normalized spacial score (nSPS) is 13.3. The summed E-state index contributed by atoms with van der Waals surface area (Å²) < 4.78 is 28.5. The van der Waals surface area contributed by atoms with Crippen molar-refractivity contribution in [2.24, 2.45) is 5.92 Å². The van der Waals surface area contributed by atoms with Crippen molar-refractivity contribution in [2.45, 2.75) is 25.9 Å². The molecule has 8 heteroatoms. The summed E-state index contributed by atoms with van der Waals surface area (Å²) in [6, 6.07) is 5.42. The van der Waals surface area contributed by atoms with Gasteiger partial charge in [0.2, 0.25) is 5.95 Å². The Balaban J connectivity index is 1.54. The number of nitrogens with one attached hydrogen (secondary N) is 1. The molecule has 1 N–H and O–H groups in total. The van der Waals surface area contributed by atoms with Gasteiger partial charge in [-0.05, 0) is 42.5 Å². The minimum absolute atomic E-state index is 0.112. The van der Waals surface area contributed by atoms with Crippen molar-refractivity contribution in [1.29, 1.82) is 0 Å². The van der Waals surface area contributed by atoms with Gasteiger partial charge in [0.25, 0.3) is 5.91 Å². The molecule has 156 valence electrons. The summed E-state index contributed by atoms with van der Waals surface area (Å²) in [7, 11) is 3.74. The van der Waals surface area contributed by atoms with Crippen LogP contribution >= 0.6 is 0 Å². The maximum absolute atomic E-state index is 13.4. The molecule has 1 aliphatic rings. The summed E-state index contributed by atoms with van der Waals surface area (Å²) in [6.45, 7) is 0.880. The maximum Gasteiger partial charge on any atom is 0.268 e. The van der Waals surface area contributed by atoms with Crippen LogP contribution in [0.15, 0.2) is 42.9 Å². The van der Waals surface area contributed by atoms with Crippen molar-refractivity contribution in [2.75, 3.05) is 19.0 Å². The molecule has 0 atom stereocenters. The van der Waals surface area contributed by atoms with Gasteiger partial charge in [0.05, 0.1) is 0 Å². The second-order valence-electron chi connectivity index (χ2n) is 7.81. The summed E-state index contributed by atoms with van der Waals surface area (Å²) in [6.07, 6.45) is 7.73. The number of rotatable bonds is 7. The number of halogens is 2. The molecular formula is C22H23F2N5O. The summed E-state index contributed by atoms with van der Waals surface area (Å²) >= 11 is 0. The van der Waals surface area contributed by atoms with E-state index in [1.54, 1.807) is 12.4 Å². The van der Waals surface area contributed by atoms with E-state index in [1.165, 1.54) is 6.07 Å². The third kappa shape index (κ3) is 4.48. The first kappa shape index (κ1) is 20.0. The number of carbonyl (C=O) groups is 1. The Morgan fingerprint density at radius 1 is 1.13 bits per heavy atom. The van der Waals surface area contributed by atoms with E-state index < -0.39 is 11.6 Å². The van der Waals surface area contributed by atoms with Gasteiger partial charge in [-0.2, -0.15) is 0 Å². The number of hydrogen-bond acceptors (Lipinski definition) is 4. The van der Waals surface area contributed by atoms with Crippen molar-refractivity contribution in [3.63, 3.8) is 0 Å². The van der Waals surface area contributed by atoms with Gasteiger partial charge < -0.3 is 14.8 Å². The number of aromatic nitrogens is 3. The fraction of sp³-hybridized carbons (Fsp3) is 0.318. The lowest BCUT2D eigenvalue weighted by atomic mass is 10.2. The van der Waals surface area contributed by atoms with Gasteiger partial charge in [-0.3, -0.25) is 4.79 Å². The smallest absolute Gasteiger partial charge is 0.268 e. The average molecular weight is 411 g/mol. The Hall–Kier alpha value is -3.29. The van der Waals surface area contributed by atoms with Crippen LogP contribution in [-0.2, 0) is 13.1 Å². The van der Waals surface area contributed by atoms with Crippen molar-refractivity contribution >= 4 is 11.9 Å². The van der Waals surface area contributed by atoms with Crippen LogP contribution in [0, 0.1) is 17.6 Å². The van der Waals surface area contributed by atoms with Gasteiger partial charge in [-0.1, -0.05) is 6.07 Å². The maximum atomic E-state index is 13.4. The highest BCUT2D eigenvalue weighted by molar-refractivity contribution is 5.94. The largest absolute Gasteiger partial charge is 0.347 e. The van der Waals surface area contributed by atoms with Crippen molar-refractivity contribution in [3.8, 4) is 11.1 Å². The zero-order valence-electron chi connectivity index (χ0n) is 16.9. The lowest BCUT2D eigenvalue weighted by Gasteiger charge is -2.09. The topological polar surface area (TPSA) is 63.1 Å². The number of anilines is 1. The molecule has 1 fully saturated rings. The zero-order chi connectivity index (χ0) is 21.3. The van der Waals surface area contributed by atoms with Gasteiger partial charge >= 0.3 is 0 Å². The third-order valence-electron chi connectivity index (χ3n) is 5.09. The van der Waals surface area contributed by atoms with Crippen LogP contribution in [0.5, 0.6) is 0 Å². The Morgan fingerprint density at radius 2 is 1.87 bits per heavy atom. The molecule has 2 aromatic heterocycles. The van der Waals surface area contributed by atoms with E-state index in [-0.39, 0.29) is 12.5 Å². The quantitative estimate of drug-likeness (QED) is 0.645. The minimum Gasteiger partial charge on any atom is -0.347 e. The van der Waals surface area contributed by atoms with Gasteiger partial charge in [0.15, 0.2) is 11.6 Å². The molecule has 0 unspecified atom stereocenters. The molecule has 1 saturated carbocycles. The van der Waals surface area contributed by atoms with Gasteiger partial charge in [0.1, 0.15) is 5.69 Å². The van der Waals surface area contributed by atoms with Crippen LogP contribution in [0.2, 0.25) is 0 Å². The molecule has 4 rings (SSSR count). The van der Waals surface area contributed by atoms with Crippen molar-refractivity contribution in [3.05, 3.63) is 65.7 Å². The molecule has 1 amide bonds. The fourth-order valence-corrected chi connectivity index (χ4v) is 3.21. The third-order valence-corrected chi connectivity index (χ3v) is 5.09. The first-order valence-corrected chi connectivity index (χ1v) is 9.83. The highest BCUT2D eigenvalue weighted by Gasteiger charge is 2.24. The Labute approximate surface area is 173 Å². The lowest BCUT2D eigenvalue weighted by molar-refractivity contribution is 0.0941. The summed E-state index contributed by atoms with van der Waals surface area (Å²) in [5.74, 6) is -0.911. The molecule has 3 aromatic rings. The Bertz CT molecular complexity index is 1060. The van der Waals surface area contributed by atoms with Crippen LogP contribution < -0.4 is 10.2 Å². The second-order valence-corrected chi connectivity index (χ2v) is 7.81. The molecule has 1 aliphatic carbocycles. The SMILES string of the molecule is CN(C)c1ncc(-c2cc(C(=O)NCc3ccc(F)c(F)c3)n(CC3CC3)c2)cn1. The monoisotopic (exact) mass is 411 g/mol. The Kier molecular flexibility index (Phi) is 5.48. The molecule has 0 spiro atoms. The first-order chi connectivity index (χ1) is 14.4. The van der Waals surface area contributed by atoms with E-state index in [2.05, 4.69) is 15.3 Å².